The molecule has 0 aliphatic heterocycles. The predicted molar refractivity (Wildman–Crippen MR) is 67.7 cm³/mol. The second kappa shape index (κ2) is 5.64. The first-order valence-electron chi connectivity index (χ1n) is 5.91. The average molecular weight is 237 g/mol. The van der Waals surface area contributed by atoms with Gasteiger partial charge in [-0.3, -0.25) is 0 Å². The summed E-state index contributed by atoms with van der Waals surface area (Å²) < 4.78 is 0. The Kier molecular flexibility index (Phi) is 4.18. The molecule has 16 heavy (non-hydrogen) atoms. The Labute approximate surface area is 101 Å². The molecule has 1 fully saturated rings. The molecule has 1 aliphatic carbocycles. The van der Waals surface area contributed by atoms with Crippen LogP contribution in [0.25, 0.3) is 0 Å². The maximum atomic E-state index is 4.36. The zero-order valence-electron chi connectivity index (χ0n) is 9.94. The van der Waals surface area contributed by atoms with Crippen LogP contribution >= 0.6 is 11.8 Å². The maximum Gasteiger partial charge on any atom is 0.187 e. The number of rotatable bonds is 6. The minimum absolute atomic E-state index is 0.680. The summed E-state index contributed by atoms with van der Waals surface area (Å²) in [6, 6.07) is 2.61. The van der Waals surface area contributed by atoms with E-state index in [2.05, 4.69) is 22.2 Å². The van der Waals surface area contributed by atoms with Crippen molar-refractivity contribution in [1.29, 1.82) is 0 Å². The van der Waals surface area contributed by atoms with E-state index in [4.69, 9.17) is 0 Å². The average Bonchev–Trinajstić information content (AvgIpc) is 3.08. The summed E-state index contributed by atoms with van der Waals surface area (Å²) in [6.07, 6.45) is 4.63. The Morgan fingerprint density at radius 3 is 3.06 bits per heavy atom. The number of aryl methyl sites for hydroxylation is 1. The molecule has 0 saturated heterocycles. The summed E-state index contributed by atoms with van der Waals surface area (Å²) >= 11 is 1.72. The van der Waals surface area contributed by atoms with Crippen LogP contribution < -0.4 is 5.32 Å². The van der Waals surface area contributed by atoms with Crippen LogP contribution in [0.3, 0.4) is 0 Å². The molecule has 1 aromatic rings. The van der Waals surface area contributed by atoms with E-state index in [0.717, 1.165) is 29.1 Å². The van der Waals surface area contributed by atoms with Crippen molar-refractivity contribution in [3.63, 3.8) is 0 Å². The molecular weight excluding hydrogens is 218 g/mol. The van der Waals surface area contributed by atoms with Crippen molar-refractivity contribution < 1.29 is 0 Å². The van der Waals surface area contributed by atoms with Crippen LogP contribution in [-0.2, 0) is 0 Å². The highest BCUT2D eigenvalue weighted by Crippen LogP contribution is 2.32. The van der Waals surface area contributed by atoms with Crippen molar-refractivity contribution in [3.8, 4) is 0 Å². The second-order valence-electron chi connectivity index (χ2n) is 4.41. The fourth-order valence-electron chi connectivity index (χ4n) is 1.69. The summed E-state index contributed by atoms with van der Waals surface area (Å²) in [4.78, 5) is 8.59. The minimum Gasteiger partial charge on any atom is -0.313 e. The van der Waals surface area contributed by atoms with E-state index in [1.807, 2.05) is 19.2 Å². The van der Waals surface area contributed by atoms with Crippen LogP contribution in [0, 0.1) is 12.8 Å². The lowest BCUT2D eigenvalue weighted by Crippen LogP contribution is -2.29. The van der Waals surface area contributed by atoms with Gasteiger partial charge in [0.05, 0.1) is 0 Å². The van der Waals surface area contributed by atoms with Crippen molar-refractivity contribution in [2.75, 3.05) is 12.3 Å². The standard InChI is InChI=1S/C12H19N3S/c1-9-5-6-14-12(15-9)16-8-7-13-10(2)11-3-4-11/h5-6,10-11,13H,3-4,7-8H2,1-2H3. The van der Waals surface area contributed by atoms with Crippen molar-refractivity contribution in [2.24, 2.45) is 5.92 Å². The van der Waals surface area contributed by atoms with Crippen LogP contribution in [-0.4, -0.2) is 28.3 Å². The summed E-state index contributed by atoms with van der Waals surface area (Å²) in [5.41, 5.74) is 1.04. The largest absolute Gasteiger partial charge is 0.313 e. The Morgan fingerprint density at radius 1 is 1.56 bits per heavy atom. The van der Waals surface area contributed by atoms with Crippen LogP contribution in [0.1, 0.15) is 25.5 Å². The fraction of sp³-hybridized carbons (Fsp3) is 0.667. The molecule has 1 unspecified atom stereocenters. The van der Waals surface area contributed by atoms with E-state index < -0.39 is 0 Å². The molecule has 88 valence electrons. The Hall–Kier alpha value is -0.610. The Morgan fingerprint density at radius 2 is 2.38 bits per heavy atom. The minimum atomic E-state index is 0.680. The van der Waals surface area contributed by atoms with Gasteiger partial charge < -0.3 is 5.32 Å². The van der Waals surface area contributed by atoms with Crippen LogP contribution in [0.5, 0.6) is 0 Å². The third-order valence-corrected chi connectivity index (χ3v) is 3.76. The molecule has 1 N–H and O–H groups in total. The molecule has 1 atom stereocenters. The highest BCUT2D eigenvalue weighted by Gasteiger charge is 2.27. The molecule has 0 radical (unpaired) electrons. The monoisotopic (exact) mass is 237 g/mol. The maximum absolute atomic E-state index is 4.36. The van der Waals surface area contributed by atoms with E-state index in [0.29, 0.717) is 6.04 Å². The van der Waals surface area contributed by atoms with Crippen molar-refractivity contribution in [1.82, 2.24) is 15.3 Å². The highest BCUT2D eigenvalue weighted by atomic mass is 32.2. The zero-order valence-corrected chi connectivity index (χ0v) is 10.8. The molecule has 0 aromatic carbocycles. The molecule has 2 rings (SSSR count). The van der Waals surface area contributed by atoms with Gasteiger partial charge in [-0.25, -0.2) is 9.97 Å². The predicted octanol–water partition coefficient (Wildman–Crippen LogP) is 2.27. The number of aromatic nitrogens is 2. The first kappa shape index (κ1) is 11.9. The SMILES string of the molecule is Cc1ccnc(SCCNC(C)C2CC2)n1. The molecule has 1 heterocycles. The van der Waals surface area contributed by atoms with Crippen molar-refractivity contribution >= 4 is 11.8 Å². The molecule has 1 saturated carbocycles. The number of nitrogens with zero attached hydrogens (tertiary/aromatic N) is 2. The molecule has 3 nitrogen and oxygen atoms in total. The molecule has 0 amide bonds. The van der Waals surface area contributed by atoms with Crippen LogP contribution in [0.4, 0.5) is 0 Å². The summed E-state index contributed by atoms with van der Waals surface area (Å²) in [6.45, 7) is 5.32. The summed E-state index contributed by atoms with van der Waals surface area (Å²) in [5.74, 6) is 1.97. The number of nitrogens with one attached hydrogen (secondary N) is 1. The van der Waals surface area contributed by atoms with Crippen molar-refractivity contribution in [3.05, 3.63) is 18.0 Å². The van der Waals surface area contributed by atoms with E-state index >= 15 is 0 Å². The van der Waals surface area contributed by atoms with Gasteiger partial charge >= 0.3 is 0 Å². The molecule has 0 bridgehead atoms. The van der Waals surface area contributed by atoms with Crippen LogP contribution in [0.2, 0.25) is 0 Å². The van der Waals surface area contributed by atoms with Gasteiger partial charge in [0.25, 0.3) is 0 Å². The smallest absolute Gasteiger partial charge is 0.187 e. The molecule has 0 spiro atoms. The lowest BCUT2D eigenvalue weighted by Gasteiger charge is -2.11. The first-order valence-corrected chi connectivity index (χ1v) is 6.90. The zero-order chi connectivity index (χ0) is 11.4. The molecule has 1 aliphatic rings. The van der Waals surface area contributed by atoms with Crippen molar-refractivity contribution in [2.45, 2.75) is 37.9 Å². The number of thioether (sulfide) groups is 1. The molecule has 1 aromatic heterocycles. The van der Waals surface area contributed by atoms with E-state index in [9.17, 15) is 0 Å². The number of hydrogen-bond donors (Lipinski definition) is 1. The summed E-state index contributed by atoms with van der Waals surface area (Å²) in [7, 11) is 0. The lowest BCUT2D eigenvalue weighted by atomic mass is 10.2. The van der Waals surface area contributed by atoms with Gasteiger partial charge in [0.2, 0.25) is 0 Å². The van der Waals surface area contributed by atoms with Gasteiger partial charge in [-0.15, -0.1) is 0 Å². The van der Waals surface area contributed by atoms with Crippen LogP contribution in [0.15, 0.2) is 17.4 Å². The van der Waals surface area contributed by atoms with E-state index in [1.165, 1.54) is 12.8 Å². The normalized spacial score (nSPS) is 17.4. The highest BCUT2D eigenvalue weighted by molar-refractivity contribution is 7.99. The Bertz CT molecular complexity index is 339. The van der Waals surface area contributed by atoms with E-state index in [-0.39, 0.29) is 0 Å². The Balaban J connectivity index is 1.63. The van der Waals surface area contributed by atoms with Gasteiger partial charge in [-0.1, -0.05) is 11.8 Å². The van der Waals surface area contributed by atoms with E-state index in [1.54, 1.807) is 11.8 Å². The van der Waals surface area contributed by atoms with Gasteiger partial charge in [0, 0.05) is 30.2 Å². The van der Waals surface area contributed by atoms with Gasteiger partial charge in [0.1, 0.15) is 0 Å². The summed E-state index contributed by atoms with van der Waals surface area (Å²) in [5, 5.41) is 4.44. The van der Waals surface area contributed by atoms with Gasteiger partial charge in [-0.05, 0) is 38.7 Å². The fourth-order valence-corrected chi connectivity index (χ4v) is 2.43. The molecular formula is C12H19N3S. The topological polar surface area (TPSA) is 37.8 Å². The lowest BCUT2D eigenvalue weighted by molar-refractivity contribution is 0.514. The first-order chi connectivity index (χ1) is 7.75. The third-order valence-electron chi connectivity index (χ3n) is 2.90. The third kappa shape index (κ3) is 3.76. The van der Waals surface area contributed by atoms with Gasteiger partial charge in [-0.2, -0.15) is 0 Å². The number of hydrogen-bond acceptors (Lipinski definition) is 4. The quantitative estimate of drug-likeness (QED) is 0.468. The second-order valence-corrected chi connectivity index (χ2v) is 5.47. The molecule has 4 heteroatoms. The van der Waals surface area contributed by atoms with Gasteiger partial charge in [0.15, 0.2) is 5.16 Å².